The van der Waals surface area contributed by atoms with Gasteiger partial charge in [-0.1, -0.05) is 13.3 Å². The number of hydrogen-bond donors (Lipinski definition) is 0. The molecule has 2 fully saturated rings. The predicted molar refractivity (Wildman–Crippen MR) is 52.2 cm³/mol. The van der Waals surface area contributed by atoms with Crippen LogP contribution in [0.5, 0.6) is 0 Å². The first-order chi connectivity index (χ1) is 5.69. The third kappa shape index (κ3) is 1.10. The minimum atomic E-state index is 0.782. The molecule has 0 amide bonds. The van der Waals surface area contributed by atoms with Crippen LogP contribution in [-0.4, -0.2) is 24.0 Å². The lowest BCUT2D eigenvalue weighted by atomic mass is 9.93. The molecule has 12 heavy (non-hydrogen) atoms. The molecule has 0 aromatic heterocycles. The van der Waals surface area contributed by atoms with Crippen LogP contribution in [0.4, 0.5) is 0 Å². The van der Waals surface area contributed by atoms with Gasteiger partial charge < -0.3 is 4.90 Å². The molecule has 1 saturated carbocycles. The van der Waals surface area contributed by atoms with E-state index in [1.807, 2.05) is 0 Å². The van der Waals surface area contributed by atoms with Gasteiger partial charge in [-0.2, -0.15) is 0 Å². The molecule has 1 heterocycles. The zero-order chi connectivity index (χ0) is 8.77. The molecule has 2 unspecified atom stereocenters. The lowest BCUT2D eigenvalue weighted by Gasteiger charge is -2.25. The maximum atomic E-state index is 2.62. The van der Waals surface area contributed by atoms with E-state index in [4.69, 9.17) is 0 Å². The van der Waals surface area contributed by atoms with Gasteiger partial charge >= 0.3 is 0 Å². The van der Waals surface area contributed by atoms with Gasteiger partial charge in [-0.15, -0.1) is 0 Å². The van der Waals surface area contributed by atoms with E-state index in [2.05, 4.69) is 25.8 Å². The molecule has 1 aliphatic carbocycles. The van der Waals surface area contributed by atoms with Crippen molar-refractivity contribution in [1.29, 1.82) is 0 Å². The quantitative estimate of drug-likeness (QED) is 0.611. The number of hydrogen-bond acceptors (Lipinski definition) is 1. The second-order valence-corrected chi connectivity index (χ2v) is 4.89. The Morgan fingerprint density at radius 1 is 1.42 bits per heavy atom. The van der Waals surface area contributed by atoms with E-state index in [0.29, 0.717) is 0 Å². The Morgan fingerprint density at radius 2 is 2.08 bits per heavy atom. The summed E-state index contributed by atoms with van der Waals surface area (Å²) in [5.41, 5.74) is 0.782. The molecule has 2 aliphatic rings. The van der Waals surface area contributed by atoms with Crippen LogP contribution in [0.25, 0.3) is 0 Å². The first kappa shape index (κ1) is 8.55. The van der Waals surface area contributed by atoms with Gasteiger partial charge in [0.05, 0.1) is 0 Å². The highest BCUT2D eigenvalue weighted by atomic mass is 15.2. The Hall–Kier alpha value is -0.0400. The van der Waals surface area contributed by atoms with E-state index < -0.39 is 0 Å². The Morgan fingerprint density at radius 3 is 2.58 bits per heavy atom. The molecule has 0 bridgehead atoms. The van der Waals surface area contributed by atoms with Crippen LogP contribution in [0.1, 0.15) is 46.0 Å². The molecule has 1 aliphatic heterocycles. The Kier molecular flexibility index (Phi) is 1.95. The Labute approximate surface area is 76.1 Å². The number of likely N-dealkylation sites (tertiary alicyclic amines) is 1. The third-order valence-corrected chi connectivity index (χ3v) is 4.05. The summed E-state index contributed by atoms with van der Waals surface area (Å²) in [5, 5.41) is 0. The molecule has 0 aromatic rings. The molecule has 2 rings (SSSR count). The average molecular weight is 167 g/mol. The van der Waals surface area contributed by atoms with Crippen molar-refractivity contribution in [1.82, 2.24) is 4.90 Å². The molecule has 0 N–H and O–H groups in total. The summed E-state index contributed by atoms with van der Waals surface area (Å²) in [5.74, 6) is 0. The standard InChI is InChI=1S/C11H21N/c1-4-5-10-11(6-7-11)8-9(2)12(10)3/h9-10H,4-8H2,1-3H3. The van der Waals surface area contributed by atoms with Crippen molar-refractivity contribution in [2.45, 2.75) is 58.0 Å². The summed E-state index contributed by atoms with van der Waals surface area (Å²) < 4.78 is 0. The van der Waals surface area contributed by atoms with Gasteiger partial charge in [0.2, 0.25) is 0 Å². The molecule has 2 atom stereocenters. The van der Waals surface area contributed by atoms with Crippen molar-refractivity contribution in [2.24, 2.45) is 5.41 Å². The van der Waals surface area contributed by atoms with E-state index in [1.165, 1.54) is 32.1 Å². The van der Waals surface area contributed by atoms with E-state index in [0.717, 1.165) is 17.5 Å². The van der Waals surface area contributed by atoms with Crippen molar-refractivity contribution in [2.75, 3.05) is 7.05 Å². The van der Waals surface area contributed by atoms with E-state index in [9.17, 15) is 0 Å². The number of rotatable bonds is 2. The van der Waals surface area contributed by atoms with Crippen LogP contribution in [0.15, 0.2) is 0 Å². The minimum absolute atomic E-state index is 0.782. The van der Waals surface area contributed by atoms with Crippen LogP contribution in [0.2, 0.25) is 0 Å². The SMILES string of the molecule is CCCC1N(C)C(C)CC12CC2. The van der Waals surface area contributed by atoms with Gasteiger partial charge in [-0.3, -0.25) is 0 Å². The molecule has 1 saturated heterocycles. The number of nitrogens with zero attached hydrogens (tertiary/aromatic N) is 1. The smallest absolute Gasteiger partial charge is 0.0152 e. The zero-order valence-corrected chi connectivity index (χ0v) is 8.64. The monoisotopic (exact) mass is 167 g/mol. The normalized spacial score (nSPS) is 39.2. The molecule has 0 radical (unpaired) electrons. The van der Waals surface area contributed by atoms with Crippen molar-refractivity contribution < 1.29 is 0 Å². The van der Waals surface area contributed by atoms with E-state index >= 15 is 0 Å². The second kappa shape index (κ2) is 2.73. The van der Waals surface area contributed by atoms with Gasteiger partial charge in [-0.05, 0) is 45.1 Å². The summed E-state index contributed by atoms with van der Waals surface area (Å²) in [7, 11) is 2.32. The first-order valence-electron chi connectivity index (χ1n) is 5.41. The highest BCUT2D eigenvalue weighted by Crippen LogP contribution is 2.59. The average Bonchev–Trinajstić information content (AvgIpc) is 2.75. The summed E-state index contributed by atoms with van der Waals surface area (Å²) in [6.07, 6.45) is 7.25. The van der Waals surface area contributed by atoms with Gasteiger partial charge in [0.25, 0.3) is 0 Å². The van der Waals surface area contributed by atoms with Crippen molar-refractivity contribution in [3.05, 3.63) is 0 Å². The van der Waals surface area contributed by atoms with Crippen molar-refractivity contribution in [3.8, 4) is 0 Å². The Bertz CT molecular complexity index is 172. The van der Waals surface area contributed by atoms with Crippen LogP contribution in [0.3, 0.4) is 0 Å². The van der Waals surface area contributed by atoms with E-state index in [-0.39, 0.29) is 0 Å². The topological polar surface area (TPSA) is 3.24 Å². The van der Waals surface area contributed by atoms with Gasteiger partial charge in [0.15, 0.2) is 0 Å². The summed E-state index contributed by atoms with van der Waals surface area (Å²) in [6.45, 7) is 4.70. The van der Waals surface area contributed by atoms with Crippen LogP contribution >= 0.6 is 0 Å². The van der Waals surface area contributed by atoms with Gasteiger partial charge in [0.1, 0.15) is 0 Å². The van der Waals surface area contributed by atoms with Gasteiger partial charge in [0, 0.05) is 12.1 Å². The Balaban J connectivity index is 2.07. The predicted octanol–water partition coefficient (Wildman–Crippen LogP) is 2.66. The van der Waals surface area contributed by atoms with Gasteiger partial charge in [-0.25, -0.2) is 0 Å². The van der Waals surface area contributed by atoms with Crippen LogP contribution in [0, 0.1) is 5.41 Å². The van der Waals surface area contributed by atoms with Crippen molar-refractivity contribution in [3.63, 3.8) is 0 Å². The first-order valence-corrected chi connectivity index (χ1v) is 5.41. The summed E-state index contributed by atoms with van der Waals surface area (Å²) >= 11 is 0. The third-order valence-electron chi connectivity index (χ3n) is 4.05. The largest absolute Gasteiger partial charge is 0.300 e. The van der Waals surface area contributed by atoms with Crippen molar-refractivity contribution >= 4 is 0 Å². The zero-order valence-electron chi connectivity index (χ0n) is 8.64. The highest BCUT2D eigenvalue weighted by Gasteiger charge is 2.55. The molecule has 1 nitrogen and oxygen atoms in total. The molecule has 1 heteroatoms. The molecular weight excluding hydrogens is 146 g/mol. The fourth-order valence-electron chi connectivity index (χ4n) is 3.09. The van der Waals surface area contributed by atoms with Crippen LogP contribution in [-0.2, 0) is 0 Å². The molecule has 1 spiro atoms. The minimum Gasteiger partial charge on any atom is -0.300 e. The van der Waals surface area contributed by atoms with Crippen LogP contribution < -0.4 is 0 Å². The summed E-state index contributed by atoms with van der Waals surface area (Å²) in [6, 6.07) is 1.75. The van der Waals surface area contributed by atoms with E-state index in [1.54, 1.807) is 0 Å². The molecule has 70 valence electrons. The lowest BCUT2D eigenvalue weighted by molar-refractivity contribution is 0.213. The fourth-order valence-corrected chi connectivity index (χ4v) is 3.09. The second-order valence-electron chi connectivity index (χ2n) is 4.89. The maximum Gasteiger partial charge on any atom is 0.0152 e. The maximum absolute atomic E-state index is 2.62. The fraction of sp³-hybridized carbons (Fsp3) is 1.00. The highest BCUT2D eigenvalue weighted by molar-refractivity contribution is 5.09. The molecule has 0 aromatic carbocycles. The lowest BCUT2D eigenvalue weighted by Crippen LogP contribution is -2.33. The summed E-state index contributed by atoms with van der Waals surface area (Å²) in [4.78, 5) is 2.62. The molecular formula is C11H21N.